The number of hydrogen-bond donors (Lipinski definition) is 3. The fraction of sp³-hybridized carbons (Fsp3) is 0.200. The molecule has 0 aliphatic heterocycles. The Hall–Kier alpha value is -2.12. The van der Waals surface area contributed by atoms with E-state index in [1.54, 1.807) is 24.3 Å². The molecule has 0 fully saturated rings. The molecule has 2 rings (SSSR count). The summed E-state index contributed by atoms with van der Waals surface area (Å²) in [4.78, 5) is 11.7. The number of hydrazone groups is 1. The minimum absolute atomic E-state index is 0.168. The topological polar surface area (TPSA) is 86.9 Å². The van der Waals surface area contributed by atoms with Crippen LogP contribution in [-0.4, -0.2) is 23.5 Å². The lowest BCUT2D eigenvalue weighted by Gasteiger charge is -2.10. The number of halogens is 1. The number of hydrogen-bond acceptors (Lipinski definition) is 5. The quantitative estimate of drug-likeness (QED) is 0.400. The number of anilines is 1. The van der Waals surface area contributed by atoms with Crippen molar-refractivity contribution in [1.82, 2.24) is 5.43 Å². The molecule has 116 valence electrons. The van der Waals surface area contributed by atoms with Crippen molar-refractivity contribution in [3.8, 4) is 0 Å². The Balaban J connectivity index is 1.68. The van der Waals surface area contributed by atoms with Gasteiger partial charge in [0.15, 0.2) is 0 Å². The highest BCUT2D eigenvalue weighted by Gasteiger charge is 2.07. The molecule has 0 radical (unpaired) electrons. The van der Waals surface area contributed by atoms with Crippen LogP contribution in [0.4, 0.5) is 5.69 Å². The minimum Gasteiger partial charge on any atom is -0.463 e. The van der Waals surface area contributed by atoms with Crippen molar-refractivity contribution < 1.29 is 14.3 Å². The third-order valence-corrected chi connectivity index (χ3v) is 3.26. The lowest BCUT2D eigenvalue weighted by atomic mass is 10.2. The summed E-state index contributed by atoms with van der Waals surface area (Å²) in [6, 6.07) is 10.8. The van der Waals surface area contributed by atoms with Gasteiger partial charge in [-0.25, -0.2) is 0 Å². The molecule has 1 unspecified atom stereocenters. The zero-order valence-electron chi connectivity index (χ0n) is 11.7. The second kappa shape index (κ2) is 8.35. The van der Waals surface area contributed by atoms with Crippen LogP contribution in [0.3, 0.4) is 0 Å². The molecule has 0 spiro atoms. The zero-order valence-corrected chi connectivity index (χ0v) is 13.3. The highest BCUT2D eigenvalue weighted by molar-refractivity contribution is 9.10. The summed E-state index contributed by atoms with van der Waals surface area (Å²) < 4.78 is 5.99. The normalized spacial score (nSPS) is 12.3. The SMILES string of the molecule is O=C(CCC(O)N/N=C/c1ccco1)Nc1ccc(Br)cc1. The number of nitrogens with zero attached hydrogens (tertiary/aromatic N) is 1. The van der Waals surface area contributed by atoms with E-state index < -0.39 is 6.23 Å². The molecule has 3 N–H and O–H groups in total. The monoisotopic (exact) mass is 365 g/mol. The fourth-order valence-electron chi connectivity index (χ4n) is 1.64. The average Bonchev–Trinajstić information content (AvgIpc) is 3.01. The van der Waals surface area contributed by atoms with Crippen LogP contribution in [0.25, 0.3) is 0 Å². The van der Waals surface area contributed by atoms with Gasteiger partial charge in [0.05, 0.1) is 12.5 Å². The molecule has 2 aromatic rings. The summed E-state index contributed by atoms with van der Waals surface area (Å²) >= 11 is 3.33. The van der Waals surface area contributed by atoms with Crippen LogP contribution in [0.15, 0.2) is 56.7 Å². The van der Waals surface area contributed by atoms with E-state index in [0.29, 0.717) is 11.4 Å². The van der Waals surface area contributed by atoms with Crippen molar-refractivity contribution in [3.63, 3.8) is 0 Å². The van der Waals surface area contributed by atoms with Crippen molar-refractivity contribution in [1.29, 1.82) is 0 Å². The Morgan fingerprint density at radius 1 is 1.36 bits per heavy atom. The molecular weight excluding hydrogens is 350 g/mol. The molecule has 0 aliphatic rings. The summed E-state index contributed by atoms with van der Waals surface area (Å²) in [5, 5.41) is 16.3. The maximum atomic E-state index is 11.7. The van der Waals surface area contributed by atoms with Gasteiger partial charge in [-0.3, -0.25) is 10.2 Å². The van der Waals surface area contributed by atoms with E-state index in [4.69, 9.17) is 4.42 Å². The van der Waals surface area contributed by atoms with Gasteiger partial charge in [0.25, 0.3) is 0 Å². The van der Waals surface area contributed by atoms with Gasteiger partial charge in [0.2, 0.25) is 5.91 Å². The Labute approximate surface area is 136 Å². The number of amides is 1. The van der Waals surface area contributed by atoms with Crippen molar-refractivity contribution in [2.45, 2.75) is 19.1 Å². The standard InChI is InChI=1S/C15H16BrN3O3/c16-11-3-5-12(6-4-11)18-14(20)7-8-15(21)19-17-10-13-2-1-9-22-13/h1-6,9-10,15,19,21H,7-8H2,(H,18,20)/b17-10+. The molecule has 1 heterocycles. The van der Waals surface area contributed by atoms with Crippen LogP contribution in [0.5, 0.6) is 0 Å². The zero-order chi connectivity index (χ0) is 15.8. The van der Waals surface area contributed by atoms with E-state index in [0.717, 1.165) is 4.47 Å². The van der Waals surface area contributed by atoms with Crippen LogP contribution in [0.2, 0.25) is 0 Å². The first-order valence-electron chi connectivity index (χ1n) is 6.69. The first-order valence-corrected chi connectivity index (χ1v) is 7.48. The van der Waals surface area contributed by atoms with Gasteiger partial charge < -0.3 is 14.8 Å². The summed E-state index contributed by atoms with van der Waals surface area (Å²) in [5.74, 6) is 0.408. The lowest BCUT2D eigenvalue weighted by molar-refractivity contribution is -0.116. The Morgan fingerprint density at radius 2 is 2.14 bits per heavy atom. The van der Waals surface area contributed by atoms with Gasteiger partial charge in [0, 0.05) is 23.0 Å². The first-order chi connectivity index (χ1) is 10.6. The second-order valence-electron chi connectivity index (χ2n) is 4.51. The number of aliphatic hydroxyl groups is 1. The van der Waals surface area contributed by atoms with Crippen LogP contribution in [-0.2, 0) is 4.79 Å². The van der Waals surface area contributed by atoms with Gasteiger partial charge in [-0.1, -0.05) is 15.9 Å². The van der Waals surface area contributed by atoms with E-state index in [9.17, 15) is 9.90 Å². The molecule has 0 saturated carbocycles. The minimum atomic E-state index is -0.901. The van der Waals surface area contributed by atoms with E-state index in [2.05, 4.69) is 31.8 Å². The lowest BCUT2D eigenvalue weighted by Crippen LogP contribution is -2.25. The van der Waals surface area contributed by atoms with Gasteiger partial charge in [0.1, 0.15) is 12.0 Å². The smallest absolute Gasteiger partial charge is 0.224 e. The molecular formula is C15H16BrN3O3. The van der Waals surface area contributed by atoms with Crippen LogP contribution in [0.1, 0.15) is 18.6 Å². The van der Waals surface area contributed by atoms with Crippen LogP contribution >= 0.6 is 15.9 Å². The molecule has 0 aliphatic carbocycles. The molecule has 7 heteroatoms. The summed E-state index contributed by atoms with van der Waals surface area (Å²) in [7, 11) is 0. The van der Waals surface area contributed by atoms with Gasteiger partial charge >= 0.3 is 0 Å². The predicted octanol–water partition coefficient (Wildman–Crippen LogP) is 2.70. The van der Waals surface area contributed by atoms with E-state index in [1.807, 2.05) is 12.1 Å². The average molecular weight is 366 g/mol. The molecule has 0 saturated heterocycles. The largest absolute Gasteiger partial charge is 0.463 e. The van der Waals surface area contributed by atoms with E-state index >= 15 is 0 Å². The highest BCUT2D eigenvalue weighted by Crippen LogP contribution is 2.14. The third kappa shape index (κ3) is 5.71. The molecule has 0 bridgehead atoms. The maximum absolute atomic E-state index is 11.7. The second-order valence-corrected chi connectivity index (χ2v) is 5.43. The van der Waals surface area contributed by atoms with Crippen molar-refractivity contribution in [3.05, 3.63) is 52.9 Å². The van der Waals surface area contributed by atoms with Gasteiger partial charge in [-0.2, -0.15) is 5.10 Å². The number of nitrogens with one attached hydrogen (secondary N) is 2. The Morgan fingerprint density at radius 3 is 2.82 bits per heavy atom. The molecule has 6 nitrogen and oxygen atoms in total. The van der Waals surface area contributed by atoms with Crippen molar-refractivity contribution in [2.75, 3.05) is 5.32 Å². The van der Waals surface area contributed by atoms with E-state index in [-0.39, 0.29) is 18.7 Å². The third-order valence-electron chi connectivity index (χ3n) is 2.73. The number of carbonyl (C=O) groups excluding carboxylic acids is 1. The van der Waals surface area contributed by atoms with Crippen molar-refractivity contribution >= 4 is 33.7 Å². The van der Waals surface area contributed by atoms with Crippen LogP contribution < -0.4 is 10.7 Å². The van der Waals surface area contributed by atoms with Gasteiger partial charge in [-0.05, 0) is 36.4 Å². The molecule has 1 amide bonds. The number of rotatable bonds is 7. The molecule has 1 aromatic carbocycles. The maximum Gasteiger partial charge on any atom is 0.224 e. The highest BCUT2D eigenvalue weighted by atomic mass is 79.9. The number of furan rings is 1. The summed E-state index contributed by atoms with van der Waals surface area (Å²) in [6.45, 7) is 0. The molecule has 1 atom stereocenters. The van der Waals surface area contributed by atoms with Crippen molar-refractivity contribution in [2.24, 2.45) is 5.10 Å². The number of carbonyl (C=O) groups is 1. The predicted molar refractivity (Wildman–Crippen MR) is 87.5 cm³/mol. The summed E-state index contributed by atoms with van der Waals surface area (Å²) in [5.41, 5.74) is 3.24. The fourth-order valence-corrected chi connectivity index (χ4v) is 1.91. The Bertz CT molecular complexity index is 611. The number of benzene rings is 1. The molecule has 1 aromatic heterocycles. The summed E-state index contributed by atoms with van der Waals surface area (Å²) in [6.07, 6.45) is 2.51. The first kappa shape index (κ1) is 16.3. The Kier molecular flexibility index (Phi) is 6.17. The number of aliphatic hydroxyl groups excluding tert-OH is 1. The van der Waals surface area contributed by atoms with E-state index in [1.165, 1.54) is 12.5 Å². The van der Waals surface area contributed by atoms with Gasteiger partial charge in [-0.15, -0.1) is 0 Å². The van der Waals surface area contributed by atoms with Crippen LogP contribution in [0, 0.1) is 0 Å². The molecule has 22 heavy (non-hydrogen) atoms.